The Labute approximate surface area is 119 Å². The van der Waals surface area contributed by atoms with Crippen molar-refractivity contribution in [1.82, 2.24) is 10.0 Å². The van der Waals surface area contributed by atoms with Gasteiger partial charge in [-0.1, -0.05) is 12.1 Å². The van der Waals surface area contributed by atoms with Gasteiger partial charge in [-0.2, -0.15) is 4.72 Å². The zero-order valence-electron chi connectivity index (χ0n) is 11.9. The van der Waals surface area contributed by atoms with Crippen LogP contribution in [0.2, 0.25) is 0 Å². The summed E-state index contributed by atoms with van der Waals surface area (Å²) in [5.41, 5.74) is 6.20. The number of sulfonamides is 1. The highest BCUT2D eigenvalue weighted by atomic mass is 32.2. The van der Waals surface area contributed by atoms with Crippen molar-refractivity contribution >= 4 is 15.9 Å². The molecule has 0 aliphatic rings. The Kier molecular flexibility index (Phi) is 5.67. The minimum Gasteiger partial charge on any atom is -0.353 e. The summed E-state index contributed by atoms with van der Waals surface area (Å²) in [6, 6.07) is 5.44. The first kappa shape index (κ1) is 16.6. The molecule has 0 aliphatic carbocycles. The SMILES string of the molecule is CC(C)NC(=O)C(C)NS(=O)(=O)c1cccc(CN)c1. The van der Waals surface area contributed by atoms with Gasteiger partial charge in [0.1, 0.15) is 0 Å². The number of carbonyl (C=O) groups excluding carboxylic acids is 1. The van der Waals surface area contributed by atoms with E-state index in [4.69, 9.17) is 5.73 Å². The van der Waals surface area contributed by atoms with Crippen LogP contribution < -0.4 is 15.8 Å². The summed E-state index contributed by atoms with van der Waals surface area (Å²) in [5, 5.41) is 2.65. The molecule has 1 atom stereocenters. The normalized spacial score (nSPS) is 13.2. The maximum Gasteiger partial charge on any atom is 0.241 e. The molecule has 0 spiro atoms. The molecule has 0 heterocycles. The second kappa shape index (κ2) is 6.83. The minimum atomic E-state index is -3.74. The van der Waals surface area contributed by atoms with Crippen molar-refractivity contribution < 1.29 is 13.2 Å². The topological polar surface area (TPSA) is 101 Å². The molecule has 0 saturated carbocycles. The van der Waals surface area contributed by atoms with Crippen molar-refractivity contribution in [1.29, 1.82) is 0 Å². The Bertz CT molecular complexity index is 570. The average molecular weight is 299 g/mol. The lowest BCUT2D eigenvalue weighted by atomic mass is 10.2. The number of amides is 1. The van der Waals surface area contributed by atoms with E-state index in [0.29, 0.717) is 5.56 Å². The Morgan fingerprint density at radius 2 is 1.95 bits per heavy atom. The number of rotatable bonds is 6. The van der Waals surface area contributed by atoms with Crippen molar-refractivity contribution in [2.75, 3.05) is 0 Å². The summed E-state index contributed by atoms with van der Waals surface area (Å²) in [6.07, 6.45) is 0. The zero-order chi connectivity index (χ0) is 15.3. The summed E-state index contributed by atoms with van der Waals surface area (Å²) in [4.78, 5) is 11.8. The van der Waals surface area contributed by atoms with Gasteiger partial charge >= 0.3 is 0 Å². The highest BCUT2D eigenvalue weighted by Crippen LogP contribution is 2.11. The number of hydrogen-bond acceptors (Lipinski definition) is 4. The molecule has 4 N–H and O–H groups in total. The van der Waals surface area contributed by atoms with Gasteiger partial charge in [-0.15, -0.1) is 0 Å². The summed E-state index contributed by atoms with van der Waals surface area (Å²) < 4.78 is 26.7. The summed E-state index contributed by atoms with van der Waals surface area (Å²) in [7, 11) is -3.74. The van der Waals surface area contributed by atoms with E-state index >= 15 is 0 Å². The monoisotopic (exact) mass is 299 g/mol. The third-order valence-electron chi connectivity index (χ3n) is 2.60. The van der Waals surface area contributed by atoms with Gasteiger partial charge in [0.25, 0.3) is 0 Å². The first-order chi connectivity index (χ1) is 9.26. The van der Waals surface area contributed by atoms with Crippen LogP contribution in [0.3, 0.4) is 0 Å². The molecule has 6 nitrogen and oxygen atoms in total. The third-order valence-corrected chi connectivity index (χ3v) is 4.14. The second-order valence-electron chi connectivity index (χ2n) is 4.86. The number of benzene rings is 1. The predicted octanol–water partition coefficient (Wildman–Crippen LogP) is 0.337. The lowest BCUT2D eigenvalue weighted by molar-refractivity contribution is -0.122. The Hall–Kier alpha value is -1.44. The van der Waals surface area contributed by atoms with Gasteiger partial charge in [0, 0.05) is 12.6 Å². The molecule has 7 heteroatoms. The first-order valence-electron chi connectivity index (χ1n) is 6.38. The van der Waals surface area contributed by atoms with Crippen LogP contribution in [0.4, 0.5) is 0 Å². The molecule has 0 fully saturated rings. The van der Waals surface area contributed by atoms with Crippen LogP contribution in [0.25, 0.3) is 0 Å². The molecule has 0 bridgehead atoms. The average Bonchev–Trinajstić information content (AvgIpc) is 2.37. The van der Waals surface area contributed by atoms with E-state index in [1.807, 2.05) is 13.8 Å². The standard InChI is InChI=1S/C13H21N3O3S/c1-9(2)15-13(17)10(3)16-20(18,19)12-6-4-5-11(7-12)8-14/h4-7,9-10,16H,8,14H2,1-3H3,(H,15,17). The fourth-order valence-corrected chi connectivity index (χ4v) is 2.88. The summed E-state index contributed by atoms with van der Waals surface area (Å²) in [6.45, 7) is 5.38. The van der Waals surface area contributed by atoms with Gasteiger partial charge in [-0.3, -0.25) is 4.79 Å². The molecule has 0 saturated heterocycles. The number of carbonyl (C=O) groups is 1. The van der Waals surface area contributed by atoms with Crippen LogP contribution >= 0.6 is 0 Å². The van der Waals surface area contributed by atoms with E-state index in [1.165, 1.54) is 19.1 Å². The van der Waals surface area contributed by atoms with Crippen molar-refractivity contribution in [3.05, 3.63) is 29.8 Å². The Morgan fingerprint density at radius 1 is 1.30 bits per heavy atom. The molecule has 112 valence electrons. The molecule has 1 aromatic carbocycles. The zero-order valence-corrected chi connectivity index (χ0v) is 12.7. The van der Waals surface area contributed by atoms with E-state index < -0.39 is 16.1 Å². The first-order valence-corrected chi connectivity index (χ1v) is 7.86. The molecule has 0 aliphatic heterocycles. The van der Waals surface area contributed by atoms with Gasteiger partial charge in [0.2, 0.25) is 15.9 Å². The molecule has 0 radical (unpaired) electrons. The Balaban J connectivity index is 2.86. The van der Waals surface area contributed by atoms with Gasteiger partial charge < -0.3 is 11.1 Å². The van der Waals surface area contributed by atoms with Gasteiger partial charge in [0.15, 0.2) is 0 Å². The number of nitrogens with two attached hydrogens (primary N) is 1. The van der Waals surface area contributed by atoms with Crippen LogP contribution in [0.5, 0.6) is 0 Å². The van der Waals surface area contributed by atoms with Crippen molar-refractivity contribution in [2.45, 2.75) is 44.3 Å². The predicted molar refractivity (Wildman–Crippen MR) is 77.4 cm³/mol. The number of nitrogens with one attached hydrogen (secondary N) is 2. The largest absolute Gasteiger partial charge is 0.353 e. The molecule has 1 unspecified atom stereocenters. The quantitative estimate of drug-likeness (QED) is 0.705. The number of hydrogen-bond donors (Lipinski definition) is 3. The fraction of sp³-hybridized carbons (Fsp3) is 0.462. The molecule has 1 amide bonds. The summed E-state index contributed by atoms with van der Waals surface area (Å²) >= 11 is 0. The van der Waals surface area contributed by atoms with Crippen molar-refractivity contribution in [3.63, 3.8) is 0 Å². The van der Waals surface area contributed by atoms with Crippen LogP contribution in [-0.2, 0) is 21.4 Å². The smallest absolute Gasteiger partial charge is 0.241 e. The highest BCUT2D eigenvalue weighted by Gasteiger charge is 2.22. The van der Waals surface area contributed by atoms with E-state index in [-0.39, 0.29) is 23.4 Å². The van der Waals surface area contributed by atoms with E-state index in [9.17, 15) is 13.2 Å². The van der Waals surface area contributed by atoms with Gasteiger partial charge in [-0.05, 0) is 38.5 Å². The second-order valence-corrected chi connectivity index (χ2v) is 6.57. The molecular weight excluding hydrogens is 278 g/mol. The summed E-state index contributed by atoms with van der Waals surface area (Å²) in [5.74, 6) is -0.362. The van der Waals surface area contributed by atoms with Crippen molar-refractivity contribution in [3.8, 4) is 0 Å². The van der Waals surface area contributed by atoms with Gasteiger partial charge in [-0.25, -0.2) is 8.42 Å². The van der Waals surface area contributed by atoms with Crippen LogP contribution in [0.1, 0.15) is 26.3 Å². The highest BCUT2D eigenvalue weighted by molar-refractivity contribution is 7.89. The molecule has 0 aromatic heterocycles. The maximum atomic E-state index is 12.2. The molecule has 20 heavy (non-hydrogen) atoms. The van der Waals surface area contributed by atoms with Gasteiger partial charge in [0.05, 0.1) is 10.9 Å². The van der Waals surface area contributed by atoms with Crippen LogP contribution in [0.15, 0.2) is 29.2 Å². The van der Waals surface area contributed by atoms with Crippen LogP contribution in [-0.4, -0.2) is 26.4 Å². The minimum absolute atomic E-state index is 0.0463. The third kappa shape index (κ3) is 4.59. The Morgan fingerprint density at radius 3 is 2.50 bits per heavy atom. The van der Waals surface area contributed by atoms with E-state index in [1.54, 1.807) is 12.1 Å². The lowest BCUT2D eigenvalue weighted by Gasteiger charge is -2.16. The maximum absolute atomic E-state index is 12.2. The molecular formula is C13H21N3O3S. The molecule has 1 rings (SSSR count). The van der Waals surface area contributed by atoms with E-state index in [0.717, 1.165) is 0 Å². The van der Waals surface area contributed by atoms with Crippen molar-refractivity contribution in [2.24, 2.45) is 5.73 Å². The molecule has 1 aromatic rings. The van der Waals surface area contributed by atoms with Crippen LogP contribution in [0, 0.1) is 0 Å². The fourth-order valence-electron chi connectivity index (χ4n) is 1.60. The lowest BCUT2D eigenvalue weighted by Crippen LogP contribution is -2.46. The van der Waals surface area contributed by atoms with E-state index in [2.05, 4.69) is 10.0 Å².